The second-order valence-corrected chi connectivity index (χ2v) is 13.3. The van der Waals surface area contributed by atoms with E-state index in [0.29, 0.717) is 11.8 Å². The van der Waals surface area contributed by atoms with E-state index in [0.717, 1.165) is 0 Å². The van der Waals surface area contributed by atoms with Gasteiger partial charge in [-0.15, -0.1) is 0 Å². The van der Waals surface area contributed by atoms with E-state index < -0.39 is 0 Å². The van der Waals surface area contributed by atoms with Crippen LogP contribution >= 0.6 is 15.9 Å². The first kappa shape index (κ1) is 23.6. The Labute approximate surface area is 214 Å². The molecule has 0 radical (unpaired) electrons. The van der Waals surface area contributed by atoms with Crippen LogP contribution in [0.4, 0.5) is 0 Å². The van der Waals surface area contributed by atoms with Crippen molar-refractivity contribution in [3.05, 3.63) is 98.0 Å². The Morgan fingerprint density at radius 2 is 1.21 bits per heavy atom. The van der Waals surface area contributed by atoms with Gasteiger partial charge >= 0.3 is 0 Å². The third-order valence-electron chi connectivity index (χ3n) is 8.01. The Kier molecular flexibility index (Phi) is 5.72. The second-order valence-electron chi connectivity index (χ2n) is 12.4. The van der Waals surface area contributed by atoms with Gasteiger partial charge in [0.05, 0.1) is 0 Å². The molecule has 0 N–H and O–H groups in total. The zero-order valence-corrected chi connectivity index (χ0v) is 23.3. The summed E-state index contributed by atoms with van der Waals surface area (Å²) in [5.41, 5.74) is 13.5. The first-order valence-electron chi connectivity index (χ1n) is 12.7. The molecule has 0 aromatic heterocycles. The molecule has 0 heterocycles. The van der Waals surface area contributed by atoms with Crippen molar-refractivity contribution >= 4 is 22.0 Å². The maximum Gasteiger partial charge on any atom is 0.0250 e. The van der Waals surface area contributed by atoms with E-state index in [1.165, 1.54) is 67.4 Å². The monoisotopic (exact) mass is 512 g/mol. The maximum atomic E-state index is 3.76. The van der Waals surface area contributed by atoms with Crippen molar-refractivity contribution in [3.8, 4) is 11.1 Å². The van der Waals surface area contributed by atoms with Crippen LogP contribution in [-0.2, 0) is 10.8 Å². The van der Waals surface area contributed by atoms with E-state index in [4.69, 9.17) is 0 Å². The SMILES string of the molecule is CC1=Cc2c(Br)cccc2C1CCC1c2ccc(C(C)(C)C)cc2-c2cc(C(C)(C)C)ccc21. The topological polar surface area (TPSA) is 0 Å². The summed E-state index contributed by atoms with van der Waals surface area (Å²) in [6.07, 6.45) is 4.73. The van der Waals surface area contributed by atoms with Gasteiger partial charge in [-0.05, 0) is 81.2 Å². The third kappa shape index (κ3) is 4.01. The molecule has 1 unspecified atom stereocenters. The van der Waals surface area contributed by atoms with E-state index in [2.05, 4.69) is 125 Å². The Morgan fingerprint density at radius 3 is 1.74 bits per heavy atom. The Bertz CT molecular complexity index is 1230. The molecule has 34 heavy (non-hydrogen) atoms. The molecule has 176 valence electrons. The molecular formula is C33H37Br. The van der Waals surface area contributed by atoms with Gasteiger partial charge in [-0.2, -0.15) is 0 Å². The summed E-state index contributed by atoms with van der Waals surface area (Å²) in [7, 11) is 0. The van der Waals surface area contributed by atoms with Gasteiger partial charge in [-0.25, -0.2) is 0 Å². The van der Waals surface area contributed by atoms with Gasteiger partial charge in [-0.3, -0.25) is 0 Å². The number of halogens is 1. The summed E-state index contributed by atoms with van der Waals surface area (Å²) >= 11 is 3.76. The fourth-order valence-electron chi connectivity index (χ4n) is 5.90. The molecule has 0 saturated heterocycles. The quantitative estimate of drug-likeness (QED) is 0.327. The molecule has 5 rings (SSSR count). The van der Waals surface area contributed by atoms with Crippen molar-refractivity contribution < 1.29 is 0 Å². The molecule has 3 aromatic rings. The van der Waals surface area contributed by atoms with Gasteiger partial charge in [0.15, 0.2) is 0 Å². The molecule has 0 spiro atoms. The zero-order chi connectivity index (χ0) is 24.4. The smallest absolute Gasteiger partial charge is 0.0250 e. The first-order chi connectivity index (χ1) is 15.9. The Morgan fingerprint density at radius 1 is 0.676 bits per heavy atom. The number of fused-ring (bicyclic) bond motifs is 4. The number of hydrogen-bond acceptors (Lipinski definition) is 0. The molecule has 0 amide bonds. The van der Waals surface area contributed by atoms with Crippen molar-refractivity contribution in [1.29, 1.82) is 0 Å². The summed E-state index contributed by atoms with van der Waals surface area (Å²) in [4.78, 5) is 0. The lowest BCUT2D eigenvalue weighted by Crippen LogP contribution is -2.11. The van der Waals surface area contributed by atoms with E-state index in [1.54, 1.807) is 0 Å². The van der Waals surface area contributed by atoms with Crippen molar-refractivity contribution in [2.75, 3.05) is 0 Å². The average molecular weight is 514 g/mol. The van der Waals surface area contributed by atoms with E-state index in [-0.39, 0.29) is 10.8 Å². The zero-order valence-electron chi connectivity index (χ0n) is 21.7. The summed E-state index contributed by atoms with van der Waals surface area (Å²) in [5.74, 6) is 0.986. The van der Waals surface area contributed by atoms with Crippen LogP contribution in [-0.4, -0.2) is 0 Å². The van der Waals surface area contributed by atoms with Crippen LogP contribution in [0.25, 0.3) is 17.2 Å². The lowest BCUT2D eigenvalue weighted by atomic mass is 9.82. The van der Waals surface area contributed by atoms with Crippen LogP contribution in [0.15, 0.2) is 64.6 Å². The number of hydrogen-bond donors (Lipinski definition) is 0. The highest BCUT2D eigenvalue weighted by molar-refractivity contribution is 9.10. The standard InChI is InChI=1S/C33H37Br/c1-20-17-30-24(9-8-10-31(30)34)23(20)15-16-25-26-13-11-21(32(2,3)4)18-28(26)29-19-22(33(5,6)7)12-14-27(25)29/h8-14,17-19,23,25H,15-16H2,1-7H3. The predicted octanol–water partition coefficient (Wildman–Crippen LogP) is 10.1. The molecular weight excluding hydrogens is 476 g/mol. The Balaban J connectivity index is 1.54. The Hall–Kier alpha value is -2.12. The average Bonchev–Trinajstić information content (AvgIpc) is 3.25. The number of allylic oxidation sites excluding steroid dienone is 1. The number of rotatable bonds is 3. The van der Waals surface area contributed by atoms with Gasteiger partial charge in [-0.1, -0.05) is 118 Å². The highest BCUT2D eigenvalue weighted by atomic mass is 79.9. The van der Waals surface area contributed by atoms with Crippen LogP contribution in [0.5, 0.6) is 0 Å². The highest BCUT2D eigenvalue weighted by Gasteiger charge is 2.33. The molecule has 1 heteroatoms. The van der Waals surface area contributed by atoms with Crippen molar-refractivity contribution in [3.63, 3.8) is 0 Å². The molecule has 3 aromatic carbocycles. The fraction of sp³-hybridized carbons (Fsp3) is 0.394. The minimum Gasteiger partial charge on any atom is -0.0652 e. The maximum absolute atomic E-state index is 3.76. The second kappa shape index (κ2) is 8.23. The fourth-order valence-corrected chi connectivity index (χ4v) is 6.39. The van der Waals surface area contributed by atoms with Gasteiger partial charge < -0.3 is 0 Å². The van der Waals surface area contributed by atoms with E-state index in [9.17, 15) is 0 Å². The van der Waals surface area contributed by atoms with Crippen molar-refractivity contribution in [2.24, 2.45) is 0 Å². The van der Waals surface area contributed by atoms with Gasteiger partial charge in [0.1, 0.15) is 0 Å². The van der Waals surface area contributed by atoms with Crippen LogP contribution < -0.4 is 0 Å². The van der Waals surface area contributed by atoms with Gasteiger partial charge in [0, 0.05) is 16.3 Å². The van der Waals surface area contributed by atoms with Crippen LogP contribution in [0, 0.1) is 0 Å². The van der Waals surface area contributed by atoms with Gasteiger partial charge in [0.2, 0.25) is 0 Å². The molecule has 0 aliphatic heterocycles. The summed E-state index contributed by atoms with van der Waals surface area (Å²) in [5, 5.41) is 0. The lowest BCUT2D eigenvalue weighted by Gasteiger charge is -2.22. The molecule has 0 saturated carbocycles. The van der Waals surface area contributed by atoms with Crippen LogP contribution in [0.3, 0.4) is 0 Å². The summed E-state index contributed by atoms with van der Waals surface area (Å²) in [6, 6.07) is 21.2. The minimum absolute atomic E-state index is 0.151. The molecule has 1 atom stereocenters. The normalized spacial score (nSPS) is 17.4. The largest absolute Gasteiger partial charge is 0.0652 e. The minimum atomic E-state index is 0.151. The van der Waals surface area contributed by atoms with Crippen molar-refractivity contribution in [2.45, 2.75) is 84.0 Å². The molecule has 2 aliphatic rings. The van der Waals surface area contributed by atoms with Crippen LogP contribution in [0.1, 0.15) is 107 Å². The molecule has 0 nitrogen and oxygen atoms in total. The molecule has 2 aliphatic carbocycles. The summed E-state index contributed by atoms with van der Waals surface area (Å²) in [6.45, 7) is 16.2. The van der Waals surface area contributed by atoms with E-state index in [1.807, 2.05) is 0 Å². The summed E-state index contributed by atoms with van der Waals surface area (Å²) < 4.78 is 1.22. The van der Waals surface area contributed by atoms with Crippen LogP contribution in [0.2, 0.25) is 0 Å². The van der Waals surface area contributed by atoms with Crippen molar-refractivity contribution in [1.82, 2.24) is 0 Å². The first-order valence-corrected chi connectivity index (χ1v) is 13.5. The third-order valence-corrected chi connectivity index (χ3v) is 8.70. The highest BCUT2D eigenvalue weighted by Crippen LogP contribution is 2.51. The molecule has 0 bridgehead atoms. The lowest BCUT2D eigenvalue weighted by molar-refractivity contribution is 0.589. The number of benzene rings is 3. The predicted molar refractivity (Wildman–Crippen MR) is 151 cm³/mol. The van der Waals surface area contributed by atoms with E-state index >= 15 is 0 Å². The molecule has 0 fully saturated rings. The van der Waals surface area contributed by atoms with Gasteiger partial charge in [0.25, 0.3) is 0 Å².